The number of fused-ring (bicyclic) bond motifs is 1. The molecule has 2 aromatic rings. The third-order valence-electron chi connectivity index (χ3n) is 7.76. The van der Waals surface area contributed by atoms with Gasteiger partial charge in [0, 0.05) is 24.7 Å². The molecule has 0 spiro atoms. The van der Waals surface area contributed by atoms with Crippen molar-refractivity contribution in [1.82, 2.24) is 0 Å². The van der Waals surface area contributed by atoms with Gasteiger partial charge in [0.05, 0.1) is 25.7 Å². The minimum Gasteiger partial charge on any atom is -0.368 e. The maximum absolute atomic E-state index is 2.75. The van der Waals surface area contributed by atoms with E-state index in [-0.39, 0.29) is 0 Å². The first kappa shape index (κ1) is 21.4. The van der Waals surface area contributed by atoms with Crippen molar-refractivity contribution < 1.29 is 4.48 Å². The third kappa shape index (κ3) is 4.59. The van der Waals surface area contributed by atoms with Crippen LogP contribution < -0.4 is 4.90 Å². The molecule has 1 aliphatic heterocycles. The standard InChI is InChI=1S/C28H41N2/c1-3-19-30(20-4-2)21-11-10-16-28(30)17-18-29(26-14-6-5-7-15-26)27-22-24-12-8-9-13-25(24)23-27/h5-9,12-15,27-28H,3-4,10-11,16-23H2,1-2H3/q+1/t28-/m0/s1. The van der Waals surface area contributed by atoms with Gasteiger partial charge in [-0.25, -0.2) is 0 Å². The fourth-order valence-corrected chi connectivity index (χ4v) is 6.46. The molecule has 0 unspecified atom stereocenters. The van der Waals surface area contributed by atoms with Crippen LogP contribution in [0.5, 0.6) is 0 Å². The molecule has 30 heavy (non-hydrogen) atoms. The predicted molar refractivity (Wildman–Crippen MR) is 129 cm³/mol. The van der Waals surface area contributed by atoms with Gasteiger partial charge in [0.15, 0.2) is 0 Å². The van der Waals surface area contributed by atoms with Gasteiger partial charge in [-0.1, -0.05) is 56.3 Å². The summed E-state index contributed by atoms with van der Waals surface area (Å²) in [4.78, 5) is 2.75. The highest BCUT2D eigenvalue weighted by molar-refractivity contribution is 5.49. The molecule has 0 radical (unpaired) electrons. The van der Waals surface area contributed by atoms with Crippen LogP contribution in [0.3, 0.4) is 0 Å². The maximum atomic E-state index is 2.75. The van der Waals surface area contributed by atoms with Crippen LogP contribution in [0.2, 0.25) is 0 Å². The molecular weight excluding hydrogens is 364 g/mol. The van der Waals surface area contributed by atoms with E-state index < -0.39 is 0 Å². The van der Waals surface area contributed by atoms with Gasteiger partial charge < -0.3 is 9.38 Å². The van der Waals surface area contributed by atoms with Crippen LogP contribution in [0.4, 0.5) is 5.69 Å². The second-order valence-electron chi connectivity index (χ2n) is 9.69. The second-order valence-corrected chi connectivity index (χ2v) is 9.69. The molecule has 1 atom stereocenters. The van der Waals surface area contributed by atoms with E-state index in [1.54, 1.807) is 11.1 Å². The molecule has 2 aliphatic rings. The molecule has 0 N–H and O–H groups in total. The Morgan fingerprint density at radius 3 is 2.10 bits per heavy atom. The van der Waals surface area contributed by atoms with E-state index in [0.717, 1.165) is 6.04 Å². The van der Waals surface area contributed by atoms with E-state index in [9.17, 15) is 0 Å². The molecule has 162 valence electrons. The van der Waals surface area contributed by atoms with Crippen LogP contribution in [-0.4, -0.2) is 42.7 Å². The molecule has 1 aliphatic carbocycles. The third-order valence-corrected chi connectivity index (χ3v) is 7.76. The molecule has 1 saturated heterocycles. The number of anilines is 1. The second kappa shape index (κ2) is 10.0. The van der Waals surface area contributed by atoms with Crippen molar-refractivity contribution in [3.8, 4) is 0 Å². The first-order chi connectivity index (χ1) is 14.8. The molecule has 2 heteroatoms. The molecule has 0 amide bonds. The highest BCUT2D eigenvalue weighted by Crippen LogP contribution is 2.33. The number of likely N-dealkylation sites (tertiary alicyclic amines) is 1. The lowest BCUT2D eigenvalue weighted by atomic mass is 9.94. The minimum absolute atomic E-state index is 0.604. The summed E-state index contributed by atoms with van der Waals surface area (Å²) < 4.78 is 1.39. The van der Waals surface area contributed by atoms with Crippen LogP contribution in [0.15, 0.2) is 54.6 Å². The summed E-state index contributed by atoms with van der Waals surface area (Å²) in [5, 5.41) is 0. The first-order valence-electron chi connectivity index (χ1n) is 12.5. The van der Waals surface area contributed by atoms with Crippen molar-refractivity contribution in [2.75, 3.05) is 31.1 Å². The van der Waals surface area contributed by atoms with E-state index in [1.807, 2.05) is 0 Å². The van der Waals surface area contributed by atoms with E-state index in [4.69, 9.17) is 0 Å². The normalized spacial score (nSPS) is 20.8. The predicted octanol–water partition coefficient (Wildman–Crippen LogP) is 6.24. The van der Waals surface area contributed by atoms with E-state index in [2.05, 4.69) is 73.3 Å². The Balaban J connectivity index is 1.52. The van der Waals surface area contributed by atoms with Gasteiger partial charge in [-0.05, 0) is 68.2 Å². The SMILES string of the molecule is CCC[N+]1(CCC)CCCC[C@H]1CCN(c1ccccc1)C1Cc2ccccc2C1. The fraction of sp³-hybridized carbons (Fsp3) is 0.571. The van der Waals surface area contributed by atoms with Gasteiger partial charge in [-0.3, -0.25) is 0 Å². The Morgan fingerprint density at radius 1 is 0.833 bits per heavy atom. The van der Waals surface area contributed by atoms with Crippen LogP contribution in [0.25, 0.3) is 0 Å². The molecular formula is C28H41N2+. The summed E-state index contributed by atoms with van der Waals surface area (Å²) in [6.45, 7) is 10.1. The minimum atomic E-state index is 0.604. The molecule has 2 nitrogen and oxygen atoms in total. The van der Waals surface area contributed by atoms with Crippen LogP contribution >= 0.6 is 0 Å². The number of quaternary nitrogens is 1. The molecule has 0 saturated carbocycles. The van der Waals surface area contributed by atoms with Crippen LogP contribution in [0, 0.1) is 0 Å². The highest BCUT2D eigenvalue weighted by Gasteiger charge is 2.38. The van der Waals surface area contributed by atoms with Crippen molar-refractivity contribution >= 4 is 5.69 Å². The number of nitrogens with zero attached hydrogens (tertiary/aromatic N) is 2. The van der Waals surface area contributed by atoms with Gasteiger partial charge in [0.25, 0.3) is 0 Å². The van der Waals surface area contributed by atoms with Gasteiger partial charge in [0.1, 0.15) is 0 Å². The Morgan fingerprint density at radius 2 is 1.47 bits per heavy atom. The highest BCUT2D eigenvalue weighted by atomic mass is 15.4. The van der Waals surface area contributed by atoms with Crippen LogP contribution in [-0.2, 0) is 12.8 Å². The first-order valence-corrected chi connectivity index (χ1v) is 12.5. The summed E-state index contributed by atoms with van der Waals surface area (Å²) in [7, 11) is 0. The van der Waals surface area contributed by atoms with Crippen molar-refractivity contribution in [2.45, 2.75) is 77.3 Å². The summed E-state index contributed by atoms with van der Waals surface area (Å²) in [6, 6.07) is 21.7. The summed E-state index contributed by atoms with van der Waals surface area (Å²) in [5.74, 6) is 0. The average Bonchev–Trinajstić information content (AvgIpc) is 3.20. The Bertz CT molecular complexity index is 748. The van der Waals surface area contributed by atoms with E-state index in [1.165, 1.54) is 87.7 Å². The monoisotopic (exact) mass is 405 g/mol. The van der Waals surface area contributed by atoms with Crippen molar-refractivity contribution in [3.05, 3.63) is 65.7 Å². The van der Waals surface area contributed by atoms with Crippen molar-refractivity contribution in [2.24, 2.45) is 0 Å². The number of para-hydroxylation sites is 1. The zero-order chi connectivity index (χ0) is 20.8. The topological polar surface area (TPSA) is 3.24 Å². The lowest BCUT2D eigenvalue weighted by Crippen LogP contribution is -2.59. The van der Waals surface area contributed by atoms with Gasteiger partial charge in [-0.2, -0.15) is 0 Å². The van der Waals surface area contributed by atoms with E-state index >= 15 is 0 Å². The zero-order valence-corrected chi connectivity index (χ0v) is 19.2. The largest absolute Gasteiger partial charge is 0.368 e. The number of benzene rings is 2. The maximum Gasteiger partial charge on any atom is 0.0907 e. The van der Waals surface area contributed by atoms with Gasteiger partial charge in [0.2, 0.25) is 0 Å². The average molecular weight is 406 g/mol. The van der Waals surface area contributed by atoms with Gasteiger partial charge in [-0.15, -0.1) is 0 Å². The summed E-state index contributed by atoms with van der Waals surface area (Å²) >= 11 is 0. The Kier molecular flexibility index (Phi) is 7.15. The number of piperidine rings is 1. The number of hydrogen-bond acceptors (Lipinski definition) is 1. The smallest absolute Gasteiger partial charge is 0.0907 e. The molecule has 0 bridgehead atoms. The quantitative estimate of drug-likeness (QED) is 0.446. The summed E-state index contributed by atoms with van der Waals surface area (Å²) in [6.07, 6.45) is 10.6. The van der Waals surface area contributed by atoms with Gasteiger partial charge >= 0.3 is 0 Å². The number of rotatable bonds is 9. The lowest BCUT2D eigenvalue weighted by Gasteiger charge is -2.49. The van der Waals surface area contributed by atoms with Crippen LogP contribution in [0.1, 0.15) is 63.5 Å². The summed E-state index contributed by atoms with van der Waals surface area (Å²) in [5.41, 5.74) is 4.53. The molecule has 1 fully saturated rings. The molecule has 2 aromatic carbocycles. The lowest BCUT2D eigenvalue weighted by molar-refractivity contribution is -0.956. The Hall–Kier alpha value is -1.80. The van der Waals surface area contributed by atoms with E-state index in [0.29, 0.717) is 6.04 Å². The van der Waals surface area contributed by atoms with Crippen molar-refractivity contribution in [1.29, 1.82) is 0 Å². The number of hydrogen-bond donors (Lipinski definition) is 0. The van der Waals surface area contributed by atoms with Crippen molar-refractivity contribution in [3.63, 3.8) is 0 Å². The fourth-order valence-electron chi connectivity index (χ4n) is 6.46. The molecule has 0 aromatic heterocycles. The Labute approximate surface area is 184 Å². The molecule has 4 rings (SSSR count). The zero-order valence-electron chi connectivity index (χ0n) is 19.2. The molecule has 1 heterocycles.